The van der Waals surface area contributed by atoms with Crippen LogP contribution >= 0.6 is 0 Å². The van der Waals surface area contributed by atoms with E-state index in [9.17, 15) is 9.59 Å². The molecular weight excluding hydrogens is 364 g/mol. The van der Waals surface area contributed by atoms with Gasteiger partial charge in [-0.15, -0.1) is 0 Å². The molecule has 2 amide bonds. The van der Waals surface area contributed by atoms with Gasteiger partial charge in [0.25, 0.3) is 0 Å². The second-order valence-electron chi connectivity index (χ2n) is 7.01. The molecule has 0 aliphatic rings. The normalized spacial score (nSPS) is 10.6. The lowest BCUT2D eigenvalue weighted by Crippen LogP contribution is -2.24. The molecule has 3 rings (SSSR count). The van der Waals surface area contributed by atoms with E-state index in [1.807, 2.05) is 54.6 Å². The average molecular weight is 390 g/mol. The van der Waals surface area contributed by atoms with Crippen LogP contribution in [0.5, 0.6) is 5.75 Å². The molecule has 3 aromatic rings. The number of ether oxygens (including phenoxy) is 1. The monoisotopic (exact) mass is 390 g/mol. The maximum atomic E-state index is 12.4. The Morgan fingerprint density at radius 3 is 2.52 bits per heavy atom. The van der Waals surface area contributed by atoms with Crippen molar-refractivity contribution in [2.75, 3.05) is 19.0 Å². The van der Waals surface area contributed by atoms with Gasteiger partial charge >= 0.3 is 0 Å². The Bertz CT molecular complexity index is 995. The van der Waals surface area contributed by atoms with Gasteiger partial charge in [0.1, 0.15) is 5.75 Å². The molecule has 0 aliphatic heterocycles. The molecule has 0 aromatic heterocycles. The third-order valence-electron chi connectivity index (χ3n) is 4.79. The van der Waals surface area contributed by atoms with Crippen molar-refractivity contribution in [2.24, 2.45) is 0 Å². The second-order valence-corrected chi connectivity index (χ2v) is 7.01. The molecule has 0 fully saturated rings. The van der Waals surface area contributed by atoms with Gasteiger partial charge in [-0.25, -0.2) is 0 Å². The zero-order valence-corrected chi connectivity index (χ0v) is 16.9. The highest BCUT2D eigenvalue weighted by Crippen LogP contribution is 2.25. The Balaban J connectivity index is 1.51. The number of nitrogens with one attached hydrogen (secondary N) is 1. The van der Waals surface area contributed by atoms with E-state index in [1.54, 1.807) is 11.9 Å². The molecular formula is C24H26N2O3. The van der Waals surface area contributed by atoms with E-state index in [-0.39, 0.29) is 11.8 Å². The molecule has 0 saturated carbocycles. The van der Waals surface area contributed by atoms with Crippen LogP contribution in [-0.4, -0.2) is 30.4 Å². The van der Waals surface area contributed by atoms with Crippen molar-refractivity contribution in [2.45, 2.75) is 26.3 Å². The first kappa shape index (κ1) is 20.4. The van der Waals surface area contributed by atoms with Gasteiger partial charge in [-0.2, -0.15) is 0 Å². The van der Waals surface area contributed by atoms with Crippen LogP contribution < -0.4 is 10.1 Å². The first-order valence-corrected chi connectivity index (χ1v) is 9.74. The maximum Gasteiger partial charge on any atom is 0.224 e. The predicted octanol–water partition coefficient (Wildman–Crippen LogP) is 4.62. The molecule has 0 unspecified atom stereocenters. The van der Waals surface area contributed by atoms with Crippen LogP contribution in [0.4, 0.5) is 5.69 Å². The van der Waals surface area contributed by atoms with E-state index in [1.165, 1.54) is 6.92 Å². The molecule has 5 heteroatoms. The van der Waals surface area contributed by atoms with Crippen molar-refractivity contribution < 1.29 is 14.3 Å². The van der Waals surface area contributed by atoms with E-state index in [4.69, 9.17) is 4.74 Å². The highest BCUT2D eigenvalue weighted by atomic mass is 16.5. The fourth-order valence-corrected chi connectivity index (χ4v) is 3.10. The van der Waals surface area contributed by atoms with Crippen LogP contribution in [0, 0.1) is 0 Å². The first-order chi connectivity index (χ1) is 14.0. The van der Waals surface area contributed by atoms with Crippen LogP contribution in [0.15, 0.2) is 66.7 Å². The van der Waals surface area contributed by atoms with Crippen LogP contribution in [0.3, 0.4) is 0 Å². The molecule has 1 N–H and O–H groups in total. The summed E-state index contributed by atoms with van der Waals surface area (Å²) in [5.74, 6) is 0.752. The summed E-state index contributed by atoms with van der Waals surface area (Å²) >= 11 is 0. The molecule has 150 valence electrons. The Hall–Kier alpha value is -3.34. The minimum absolute atomic E-state index is 0.0169. The van der Waals surface area contributed by atoms with Crippen LogP contribution in [-0.2, 0) is 16.1 Å². The number of anilines is 1. The third-order valence-corrected chi connectivity index (χ3v) is 4.79. The fraction of sp³-hybridized carbons (Fsp3) is 0.250. The summed E-state index contributed by atoms with van der Waals surface area (Å²) in [6.07, 6.45) is 0.978. The quantitative estimate of drug-likeness (QED) is 0.571. The van der Waals surface area contributed by atoms with Gasteiger partial charge in [0, 0.05) is 38.0 Å². The van der Waals surface area contributed by atoms with E-state index >= 15 is 0 Å². The number of amides is 2. The zero-order chi connectivity index (χ0) is 20.6. The first-order valence-electron chi connectivity index (χ1n) is 9.74. The number of nitrogens with zero attached hydrogens (tertiary/aromatic N) is 1. The highest BCUT2D eigenvalue weighted by Gasteiger charge is 2.10. The number of benzene rings is 3. The molecule has 3 aromatic carbocycles. The van der Waals surface area contributed by atoms with Crippen molar-refractivity contribution >= 4 is 28.3 Å². The molecule has 29 heavy (non-hydrogen) atoms. The van der Waals surface area contributed by atoms with Gasteiger partial charge in [-0.1, -0.05) is 54.6 Å². The number of hydrogen-bond acceptors (Lipinski definition) is 3. The summed E-state index contributed by atoms with van der Waals surface area (Å²) in [5.41, 5.74) is 1.64. The Kier molecular flexibility index (Phi) is 6.85. The standard InChI is InChI=1S/C24H26N2O3/c1-18(27)26(2)17-20-10-4-6-13-22(20)25-24(28)15-8-16-29-23-14-7-11-19-9-3-5-12-21(19)23/h3-7,9-14H,8,15-17H2,1-2H3,(H,25,28). The van der Waals surface area contributed by atoms with Crippen LogP contribution in [0.1, 0.15) is 25.3 Å². The Labute approximate surface area is 171 Å². The van der Waals surface area contributed by atoms with Crippen molar-refractivity contribution in [3.8, 4) is 5.75 Å². The van der Waals surface area contributed by atoms with Gasteiger partial charge < -0.3 is 15.0 Å². The van der Waals surface area contributed by atoms with Gasteiger partial charge in [0.2, 0.25) is 11.8 Å². The summed E-state index contributed by atoms with van der Waals surface area (Å²) in [7, 11) is 1.74. The number of rotatable bonds is 8. The lowest BCUT2D eigenvalue weighted by Gasteiger charge is -2.18. The van der Waals surface area contributed by atoms with Crippen LogP contribution in [0.25, 0.3) is 10.8 Å². The summed E-state index contributed by atoms with van der Waals surface area (Å²) in [6.45, 7) is 2.45. The predicted molar refractivity (Wildman–Crippen MR) is 116 cm³/mol. The van der Waals surface area contributed by atoms with E-state index in [2.05, 4.69) is 17.4 Å². The lowest BCUT2D eigenvalue weighted by molar-refractivity contribution is -0.128. The van der Waals surface area contributed by atoms with Crippen molar-refractivity contribution in [3.05, 3.63) is 72.3 Å². The second kappa shape index (κ2) is 9.73. The van der Waals surface area contributed by atoms with Gasteiger partial charge in [0.05, 0.1) is 6.61 Å². The summed E-state index contributed by atoms with van der Waals surface area (Å²) in [5, 5.41) is 5.16. The average Bonchev–Trinajstić information content (AvgIpc) is 2.72. The maximum absolute atomic E-state index is 12.4. The Morgan fingerprint density at radius 2 is 1.69 bits per heavy atom. The van der Waals surface area contributed by atoms with Crippen molar-refractivity contribution in [1.82, 2.24) is 4.90 Å². The zero-order valence-electron chi connectivity index (χ0n) is 16.9. The number of fused-ring (bicyclic) bond motifs is 1. The Morgan fingerprint density at radius 1 is 0.966 bits per heavy atom. The number of carbonyl (C=O) groups is 2. The summed E-state index contributed by atoms with van der Waals surface area (Å²) < 4.78 is 5.90. The molecule has 0 heterocycles. The number of para-hydroxylation sites is 1. The molecule has 0 radical (unpaired) electrons. The van der Waals surface area contributed by atoms with Crippen molar-refractivity contribution in [1.29, 1.82) is 0 Å². The molecule has 0 bridgehead atoms. The van der Waals surface area contributed by atoms with Crippen LogP contribution in [0.2, 0.25) is 0 Å². The minimum Gasteiger partial charge on any atom is -0.493 e. The molecule has 0 saturated heterocycles. The third kappa shape index (κ3) is 5.57. The van der Waals surface area contributed by atoms with Crippen molar-refractivity contribution in [3.63, 3.8) is 0 Å². The highest BCUT2D eigenvalue weighted by molar-refractivity contribution is 5.91. The topological polar surface area (TPSA) is 58.6 Å². The largest absolute Gasteiger partial charge is 0.493 e. The van der Waals surface area contributed by atoms with Gasteiger partial charge in [0.15, 0.2) is 0 Å². The molecule has 0 aliphatic carbocycles. The fourth-order valence-electron chi connectivity index (χ4n) is 3.10. The lowest BCUT2D eigenvalue weighted by atomic mass is 10.1. The van der Waals surface area contributed by atoms with Gasteiger partial charge in [-0.3, -0.25) is 9.59 Å². The molecule has 5 nitrogen and oxygen atoms in total. The molecule has 0 spiro atoms. The number of carbonyl (C=O) groups excluding carboxylic acids is 2. The summed E-state index contributed by atoms with van der Waals surface area (Å²) in [4.78, 5) is 25.5. The summed E-state index contributed by atoms with van der Waals surface area (Å²) in [6, 6.07) is 21.6. The number of hydrogen-bond donors (Lipinski definition) is 1. The van der Waals surface area contributed by atoms with Gasteiger partial charge in [-0.05, 0) is 29.5 Å². The SMILES string of the molecule is CC(=O)N(C)Cc1ccccc1NC(=O)CCCOc1cccc2ccccc12. The van der Waals surface area contributed by atoms with E-state index in [0.29, 0.717) is 26.0 Å². The smallest absolute Gasteiger partial charge is 0.224 e. The van der Waals surface area contributed by atoms with E-state index < -0.39 is 0 Å². The van der Waals surface area contributed by atoms with E-state index in [0.717, 1.165) is 27.8 Å². The minimum atomic E-state index is -0.0653. The molecule has 0 atom stereocenters.